The molecule has 0 bridgehead atoms. The number of anilines is 3. The maximum atomic E-state index is 6.28. The SMILES string of the molecule is CN(C)CCCNc1nc(Nc2cc(Cl)ccc2Cl)cc(-c2ccncc2)n1. The van der Waals surface area contributed by atoms with Gasteiger partial charge in [0.25, 0.3) is 0 Å². The van der Waals surface area contributed by atoms with Gasteiger partial charge < -0.3 is 15.5 Å². The second kappa shape index (κ2) is 9.68. The Balaban J connectivity index is 1.87. The van der Waals surface area contributed by atoms with E-state index in [0.717, 1.165) is 30.8 Å². The third-order valence-electron chi connectivity index (χ3n) is 3.96. The third kappa shape index (κ3) is 5.79. The van der Waals surface area contributed by atoms with Gasteiger partial charge in [-0.25, -0.2) is 4.98 Å². The summed E-state index contributed by atoms with van der Waals surface area (Å²) in [5.74, 6) is 1.18. The summed E-state index contributed by atoms with van der Waals surface area (Å²) in [7, 11) is 4.11. The minimum atomic E-state index is 0.550. The van der Waals surface area contributed by atoms with Crippen LogP contribution in [0.15, 0.2) is 48.8 Å². The van der Waals surface area contributed by atoms with Crippen LogP contribution in [0, 0.1) is 0 Å². The van der Waals surface area contributed by atoms with Gasteiger partial charge in [0.15, 0.2) is 0 Å². The van der Waals surface area contributed by atoms with Gasteiger partial charge in [-0.3, -0.25) is 4.98 Å². The molecule has 0 amide bonds. The van der Waals surface area contributed by atoms with E-state index in [1.165, 1.54) is 0 Å². The number of nitrogens with one attached hydrogen (secondary N) is 2. The van der Waals surface area contributed by atoms with E-state index in [9.17, 15) is 0 Å². The average Bonchev–Trinajstić information content (AvgIpc) is 2.68. The van der Waals surface area contributed by atoms with Crippen LogP contribution in [0.2, 0.25) is 10.0 Å². The Hall–Kier alpha value is -2.41. The highest BCUT2D eigenvalue weighted by atomic mass is 35.5. The number of hydrogen-bond donors (Lipinski definition) is 2. The van der Waals surface area contributed by atoms with Crippen molar-refractivity contribution in [1.82, 2.24) is 19.9 Å². The molecule has 3 rings (SSSR count). The van der Waals surface area contributed by atoms with E-state index >= 15 is 0 Å². The molecule has 0 aliphatic heterocycles. The van der Waals surface area contributed by atoms with Gasteiger partial charge in [-0.2, -0.15) is 4.98 Å². The highest BCUT2D eigenvalue weighted by Gasteiger charge is 2.09. The molecule has 0 aliphatic rings. The van der Waals surface area contributed by atoms with Crippen molar-refractivity contribution >= 4 is 40.7 Å². The minimum Gasteiger partial charge on any atom is -0.354 e. The van der Waals surface area contributed by atoms with Crippen LogP contribution in [-0.2, 0) is 0 Å². The summed E-state index contributed by atoms with van der Waals surface area (Å²) in [6.07, 6.45) is 4.46. The van der Waals surface area contributed by atoms with Crippen molar-refractivity contribution in [1.29, 1.82) is 0 Å². The van der Waals surface area contributed by atoms with Crippen molar-refractivity contribution in [2.45, 2.75) is 6.42 Å². The van der Waals surface area contributed by atoms with E-state index in [1.54, 1.807) is 30.6 Å². The molecule has 8 heteroatoms. The van der Waals surface area contributed by atoms with E-state index in [2.05, 4.69) is 44.6 Å². The molecule has 2 aromatic heterocycles. The summed E-state index contributed by atoms with van der Waals surface area (Å²) in [5.41, 5.74) is 2.43. The second-order valence-corrected chi connectivity index (χ2v) is 7.37. The van der Waals surface area contributed by atoms with Crippen LogP contribution >= 0.6 is 23.2 Å². The fourth-order valence-corrected chi connectivity index (χ4v) is 2.92. The first kappa shape index (κ1) is 20.3. The zero-order chi connectivity index (χ0) is 19.9. The van der Waals surface area contributed by atoms with Crippen LogP contribution in [0.3, 0.4) is 0 Å². The van der Waals surface area contributed by atoms with Gasteiger partial charge in [0.1, 0.15) is 5.82 Å². The standard InChI is InChI=1S/C20H22Cl2N6/c1-28(2)11-3-8-24-20-26-17(14-6-9-23-10-7-14)13-19(27-20)25-18-12-15(21)4-5-16(18)22/h4-7,9-10,12-13H,3,8,11H2,1-2H3,(H2,24,25,26,27). The molecule has 3 aromatic rings. The lowest BCUT2D eigenvalue weighted by molar-refractivity contribution is 0.405. The molecule has 146 valence electrons. The summed E-state index contributed by atoms with van der Waals surface area (Å²) in [5, 5.41) is 7.70. The van der Waals surface area contributed by atoms with Crippen molar-refractivity contribution in [3.63, 3.8) is 0 Å². The Bertz CT molecular complexity index is 918. The van der Waals surface area contributed by atoms with Gasteiger partial charge in [0, 0.05) is 35.6 Å². The number of aromatic nitrogens is 3. The molecular weight excluding hydrogens is 395 g/mol. The Morgan fingerprint density at radius 3 is 2.54 bits per heavy atom. The highest BCUT2D eigenvalue weighted by Crippen LogP contribution is 2.29. The lowest BCUT2D eigenvalue weighted by atomic mass is 10.2. The molecule has 2 heterocycles. The Labute approximate surface area is 174 Å². The topological polar surface area (TPSA) is 66.0 Å². The minimum absolute atomic E-state index is 0.550. The van der Waals surface area contributed by atoms with E-state index in [-0.39, 0.29) is 0 Å². The van der Waals surface area contributed by atoms with Crippen molar-refractivity contribution in [2.24, 2.45) is 0 Å². The molecule has 2 N–H and O–H groups in total. The van der Waals surface area contributed by atoms with E-state index in [1.807, 2.05) is 18.2 Å². The zero-order valence-corrected chi connectivity index (χ0v) is 17.3. The van der Waals surface area contributed by atoms with Gasteiger partial charge in [-0.05, 0) is 57.4 Å². The van der Waals surface area contributed by atoms with Crippen molar-refractivity contribution in [3.05, 3.63) is 58.8 Å². The van der Waals surface area contributed by atoms with Crippen LogP contribution in [-0.4, -0.2) is 47.0 Å². The fourth-order valence-electron chi connectivity index (χ4n) is 2.59. The van der Waals surface area contributed by atoms with Crippen molar-refractivity contribution < 1.29 is 0 Å². The number of halogens is 2. The van der Waals surface area contributed by atoms with Gasteiger partial charge in [0.2, 0.25) is 5.95 Å². The van der Waals surface area contributed by atoms with Gasteiger partial charge >= 0.3 is 0 Å². The maximum absolute atomic E-state index is 6.28. The lowest BCUT2D eigenvalue weighted by Crippen LogP contribution is -2.17. The molecule has 0 saturated carbocycles. The van der Waals surface area contributed by atoms with E-state index in [4.69, 9.17) is 23.2 Å². The molecule has 0 atom stereocenters. The molecule has 0 spiro atoms. The number of benzene rings is 1. The van der Waals surface area contributed by atoms with E-state index < -0.39 is 0 Å². The Morgan fingerprint density at radius 2 is 1.79 bits per heavy atom. The first-order valence-electron chi connectivity index (χ1n) is 8.91. The van der Waals surface area contributed by atoms with E-state index in [0.29, 0.717) is 27.5 Å². The highest BCUT2D eigenvalue weighted by molar-refractivity contribution is 6.35. The summed E-state index contributed by atoms with van der Waals surface area (Å²) in [4.78, 5) is 15.4. The Kier molecular flexibility index (Phi) is 7.03. The first-order chi connectivity index (χ1) is 13.5. The lowest BCUT2D eigenvalue weighted by Gasteiger charge is -2.13. The smallest absolute Gasteiger partial charge is 0.225 e. The van der Waals surface area contributed by atoms with Crippen LogP contribution in [0.25, 0.3) is 11.3 Å². The third-order valence-corrected chi connectivity index (χ3v) is 4.52. The fraction of sp³-hybridized carbons (Fsp3) is 0.250. The largest absolute Gasteiger partial charge is 0.354 e. The van der Waals surface area contributed by atoms with Gasteiger partial charge in [-0.15, -0.1) is 0 Å². The van der Waals surface area contributed by atoms with Crippen LogP contribution < -0.4 is 10.6 Å². The molecule has 28 heavy (non-hydrogen) atoms. The number of pyridine rings is 1. The van der Waals surface area contributed by atoms with Gasteiger partial charge in [-0.1, -0.05) is 23.2 Å². The number of hydrogen-bond acceptors (Lipinski definition) is 6. The molecular formula is C20H22Cl2N6. The number of rotatable bonds is 8. The first-order valence-corrected chi connectivity index (χ1v) is 9.67. The zero-order valence-electron chi connectivity index (χ0n) is 15.8. The molecule has 0 saturated heterocycles. The molecule has 0 fully saturated rings. The number of nitrogens with zero attached hydrogens (tertiary/aromatic N) is 4. The van der Waals surface area contributed by atoms with Crippen LogP contribution in [0.1, 0.15) is 6.42 Å². The monoisotopic (exact) mass is 416 g/mol. The molecule has 6 nitrogen and oxygen atoms in total. The van der Waals surface area contributed by atoms with Gasteiger partial charge in [0.05, 0.1) is 16.4 Å². The summed E-state index contributed by atoms with van der Waals surface area (Å²) >= 11 is 12.4. The summed E-state index contributed by atoms with van der Waals surface area (Å²) < 4.78 is 0. The molecule has 0 radical (unpaired) electrons. The quantitative estimate of drug-likeness (QED) is 0.506. The maximum Gasteiger partial charge on any atom is 0.225 e. The molecule has 0 aliphatic carbocycles. The normalized spacial score (nSPS) is 10.9. The second-order valence-electron chi connectivity index (χ2n) is 6.53. The molecule has 1 aromatic carbocycles. The summed E-state index contributed by atoms with van der Waals surface area (Å²) in [6.45, 7) is 1.76. The predicted octanol–water partition coefficient (Wildman–Crippen LogP) is 4.95. The summed E-state index contributed by atoms with van der Waals surface area (Å²) in [6, 6.07) is 11.0. The van der Waals surface area contributed by atoms with Crippen LogP contribution in [0.4, 0.5) is 17.5 Å². The van der Waals surface area contributed by atoms with Crippen molar-refractivity contribution in [3.8, 4) is 11.3 Å². The predicted molar refractivity (Wildman–Crippen MR) is 117 cm³/mol. The average molecular weight is 417 g/mol. The Morgan fingerprint density at radius 1 is 1.00 bits per heavy atom. The molecule has 0 unspecified atom stereocenters. The van der Waals surface area contributed by atoms with Crippen molar-refractivity contribution in [2.75, 3.05) is 37.8 Å². The van der Waals surface area contributed by atoms with Crippen LogP contribution in [0.5, 0.6) is 0 Å².